The highest BCUT2D eigenvalue weighted by molar-refractivity contribution is 5.39. The van der Waals surface area contributed by atoms with Crippen LogP contribution in [-0.4, -0.2) is 24.6 Å². The minimum Gasteiger partial charge on any atom is -0.360 e. The number of nitrogens with one attached hydrogen (secondary N) is 1. The molecule has 0 amide bonds. The minimum absolute atomic E-state index is 0.768. The minimum atomic E-state index is 0.768. The summed E-state index contributed by atoms with van der Waals surface area (Å²) in [5.41, 5.74) is 1.34. The third-order valence-electron chi connectivity index (χ3n) is 3.22. The van der Waals surface area contributed by atoms with Crippen LogP contribution in [0.5, 0.6) is 0 Å². The monoisotopic (exact) mass is 233 g/mol. The average Bonchev–Trinajstić information content (AvgIpc) is 3.18. The Hall–Kier alpha value is -1.09. The van der Waals surface area contributed by atoms with Gasteiger partial charge in [-0.05, 0) is 37.0 Å². The molecule has 0 spiro atoms. The molecule has 1 saturated carbocycles. The summed E-state index contributed by atoms with van der Waals surface area (Å²) in [5.74, 6) is 1.09. The Bertz CT molecular complexity index is 347. The molecule has 0 radical (unpaired) electrons. The van der Waals surface area contributed by atoms with Crippen molar-refractivity contribution in [3.05, 3.63) is 23.9 Å². The highest BCUT2D eigenvalue weighted by Crippen LogP contribution is 2.19. The molecule has 3 nitrogen and oxygen atoms in total. The molecule has 1 fully saturated rings. The summed E-state index contributed by atoms with van der Waals surface area (Å²) in [6.45, 7) is 4.28. The number of hydrogen-bond donors (Lipinski definition) is 1. The molecule has 0 unspecified atom stereocenters. The second kappa shape index (κ2) is 6.01. The molecular weight excluding hydrogens is 210 g/mol. The first-order valence-electron chi connectivity index (χ1n) is 6.69. The molecule has 3 heteroatoms. The van der Waals surface area contributed by atoms with Gasteiger partial charge in [0.1, 0.15) is 5.82 Å². The average molecular weight is 233 g/mol. The van der Waals surface area contributed by atoms with Gasteiger partial charge in [0.2, 0.25) is 0 Å². The smallest absolute Gasteiger partial charge is 0.128 e. The molecule has 0 bridgehead atoms. The quantitative estimate of drug-likeness (QED) is 0.784. The van der Waals surface area contributed by atoms with E-state index >= 15 is 0 Å². The normalized spacial score (nSPS) is 14.9. The van der Waals surface area contributed by atoms with E-state index in [4.69, 9.17) is 0 Å². The number of hydrogen-bond acceptors (Lipinski definition) is 3. The molecule has 0 aromatic carbocycles. The molecule has 1 aliphatic carbocycles. The second-order valence-electron chi connectivity index (χ2n) is 4.95. The van der Waals surface area contributed by atoms with Crippen molar-refractivity contribution in [3.63, 3.8) is 0 Å². The summed E-state index contributed by atoms with van der Waals surface area (Å²) in [5, 5.41) is 3.54. The van der Waals surface area contributed by atoms with Crippen LogP contribution in [0.15, 0.2) is 18.3 Å². The Labute approximate surface area is 104 Å². The molecule has 2 rings (SSSR count). The van der Waals surface area contributed by atoms with Crippen molar-refractivity contribution in [3.8, 4) is 0 Å². The lowest BCUT2D eigenvalue weighted by Crippen LogP contribution is -2.20. The lowest BCUT2D eigenvalue weighted by molar-refractivity contribution is 0.686. The van der Waals surface area contributed by atoms with Gasteiger partial charge in [0.05, 0.1) is 0 Å². The topological polar surface area (TPSA) is 28.2 Å². The molecule has 1 N–H and O–H groups in total. The van der Waals surface area contributed by atoms with Gasteiger partial charge in [-0.3, -0.25) is 0 Å². The van der Waals surface area contributed by atoms with Gasteiger partial charge in [0.25, 0.3) is 0 Å². The van der Waals surface area contributed by atoms with Crippen molar-refractivity contribution in [1.29, 1.82) is 0 Å². The molecular formula is C14H23N3. The SMILES string of the molecule is CCCCN(C)c1cc(CNC2CC2)ccn1. The van der Waals surface area contributed by atoms with E-state index in [2.05, 4.69) is 41.3 Å². The van der Waals surface area contributed by atoms with Gasteiger partial charge >= 0.3 is 0 Å². The zero-order valence-corrected chi connectivity index (χ0v) is 10.9. The number of pyridine rings is 1. The first-order valence-corrected chi connectivity index (χ1v) is 6.69. The van der Waals surface area contributed by atoms with Crippen molar-refractivity contribution in [1.82, 2.24) is 10.3 Å². The number of rotatable bonds is 7. The van der Waals surface area contributed by atoms with Gasteiger partial charge in [0.15, 0.2) is 0 Å². The van der Waals surface area contributed by atoms with Gasteiger partial charge in [-0.15, -0.1) is 0 Å². The van der Waals surface area contributed by atoms with Crippen molar-refractivity contribution < 1.29 is 0 Å². The van der Waals surface area contributed by atoms with Crippen molar-refractivity contribution >= 4 is 5.82 Å². The predicted octanol–water partition coefficient (Wildman–Crippen LogP) is 2.57. The number of anilines is 1. The van der Waals surface area contributed by atoms with Gasteiger partial charge < -0.3 is 10.2 Å². The summed E-state index contributed by atoms with van der Waals surface area (Å²) in [4.78, 5) is 6.67. The third-order valence-corrected chi connectivity index (χ3v) is 3.22. The van der Waals surface area contributed by atoms with E-state index in [1.807, 2.05) is 6.20 Å². The molecule has 1 aromatic rings. The van der Waals surface area contributed by atoms with Crippen LogP contribution in [-0.2, 0) is 6.54 Å². The fourth-order valence-corrected chi connectivity index (χ4v) is 1.84. The van der Waals surface area contributed by atoms with E-state index in [0.717, 1.165) is 24.9 Å². The van der Waals surface area contributed by atoms with E-state index in [9.17, 15) is 0 Å². The van der Waals surface area contributed by atoms with Crippen LogP contribution in [0.1, 0.15) is 38.2 Å². The molecule has 0 aliphatic heterocycles. The van der Waals surface area contributed by atoms with Crippen LogP contribution in [0.3, 0.4) is 0 Å². The van der Waals surface area contributed by atoms with Crippen LogP contribution in [0.2, 0.25) is 0 Å². The molecule has 17 heavy (non-hydrogen) atoms. The lowest BCUT2D eigenvalue weighted by atomic mass is 10.2. The fourth-order valence-electron chi connectivity index (χ4n) is 1.84. The fraction of sp³-hybridized carbons (Fsp3) is 0.643. The summed E-state index contributed by atoms with van der Waals surface area (Å²) < 4.78 is 0. The largest absolute Gasteiger partial charge is 0.360 e. The lowest BCUT2D eigenvalue weighted by Gasteiger charge is -2.18. The van der Waals surface area contributed by atoms with Gasteiger partial charge in [-0.25, -0.2) is 4.98 Å². The van der Waals surface area contributed by atoms with Crippen LogP contribution >= 0.6 is 0 Å². The van der Waals surface area contributed by atoms with E-state index in [-0.39, 0.29) is 0 Å². The maximum Gasteiger partial charge on any atom is 0.128 e. The Morgan fingerprint density at radius 1 is 1.47 bits per heavy atom. The predicted molar refractivity (Wildman–Crippen MR) is 72.3 cm³/mol. The summed E-state index contributed by atoms with van der Waals surface area (Å²) in [6.07, 6.45) is 7.06. The Balaban J connectivity index is 1.89. The van der Waals surface area contributed by atoms with Crippen molar-refractivity contribution in [2.45, 2.75) is 45.2 Å². The molecule has 0 saturated heterocycles. The molecule has 1 aliphatic rings. The highest BCUT2D eigenvalue weighted by atomic mass is 15.2. The van der Waals surface area contributed by atoms with Crippen molar-refractivity contribution in [2.75, 3.05) is 18.5 Å². The van der Waals surface area contributed by atoms with E-state index in [1.165, 1.54) is 31.2 Å². The molecule has 1 heterocycles. The van der Waals surface area contributed by atoms with Gasteiger partial charge in [-0.2, -0.15) is 0 Å². The van der Waals surface area contributed by atoms with Gasteiger partial charge in [-0.1, -0.05) is 13.3 Å². The maximum atomic E-state index is 4.43. The third kappa shape index (κ3) is 4.00. The summed E-state index contributed by atoms with van der Waals surface area (Å²) in [7, 11) is 2.12. The van der Waals surface area contributed by atoms with Crippen LogP contribution in [0.25, 0.3) is 0 Å². The second-order valence-corrected chi connectivity index (χ2v) is 4.95. The van der Waals surface area contributed by atoms with Crippen molar-refractivity contribution in [2.24, 2.45) is 0 Å². The Morgan fingerprint density at radius 3 is 3.00 bits per heavy atom. The first kappa shape index (κ1) is 12.4. The highest BCUT2D eigenvalue weighted by Gasteiger charge is 2.19. The molecule has 94 valence electrons. The van der Waals surface area contributed by atoms with E-state index in [0.29, 0.717) is 0 Å². The molecule has 0 atom stereocenters. The maximum absolute atomic E-state index is 4.43. The number of nitrogens with zero attached hydrogens (tertiary/aromatic N) is 2. The van der Waals surface area contributed by atoms with E-state index < -0.39 is 0 Å². The standard InChI is InChI=1S/C14H23N3/c1-3-4-9-17(2)14-10-12(7-8-15-14)11-16-13-5-6-13/h7-8,10,13,16H,3-6,9,11H2,1-2H3. The van der Waals surface area contributed by atoms with Gasteiger partial charge in [0, 0.05) is 32.4 Å². The van der Waals surface area contributed by atoms with Crippen LogP contribution in [0, 0.1) is 0 Å². The summed E-state index contributed by atoms with van der Waals surface area (Å²) >= 11 is 0. The first-order chi connectivity index (χ1) is 8.29. The van der Waals surface area contributed by atoms with E-state index in [1.54, 1.807) is 0 Å². The zero-order chi connectivity index (χ0) is 12.1. The Morgan fingerprint density at radius 2 is 2.29 bits per heavy atom. The zero-order valence-electron chi connectivity index (χ0n) is 10.9. The Kier molecular flexibility index (Phi) is 4.37. The number of aromatic nitrogens is 1. The van der Waals surface area contributed by atoms with Crippen LogP contribution < -0.4 is 10.2 Å². The number of unbranched alkanes of at least 4 members (excludes halogenated alkanes) is 1. The van der Waals surface area contributed by atoms with Crippen LogP contribution in [0.4, 0.5) is 5.82 Å². The summed E-state index contributed by atoms with van der Waals surface area (Å²) in [6, 6.07) is 5.07. The molecule has 1 aromatic heterocycles.